The second-order valence-electron chi connectivity index (χ2n) is 7.34. The van der Waals surface area contributed by atoms with Crippen LogP contribution in [-0.4, -0.2) is 36.0 Å². The first-order chi connectivity index (χ1) is 11.3. The van der Waals surface area contributed by atoms with Gasteiger partial charge < -0.3 is 9.64 Å². The van der Waals surface area contributed by atoms with Crippen molar-refractivity contribution in [2.45, 2.75) is 45.1 Å². The predicted octanol–water partition coefficient (Wildman–Crippen LogP) is 3.54. The largest absolute Gasteiger partial charge is 0.460 e. The van der Waals surface area contributed by atoms with Gasteiger partial charge in [-0.1, -0.05) is 42.5 Å². The van der Waals surface area contributed by atoms with Crippen molar-refractivity contribution in [1.29, 1.82) is 0 Å². The topological polar surface area (TPSA) is 46.6 Å². The van der Waals surface area contributed by atoms with Gasteiger partial charge >= 0.3 is 5.97 Å². The van der Waals surface area contributed by atoms with Gasteiger partial charge in [0, 0.05) is 13.6 Å². The number of benzene rings is 1. The summed E-state index contributed by atoms with van der Waals surface area (Å²) in [6.45, 7) is 6.10. The molecule has 0 saturated carbocycles. The van der Waals surface area contributed by atoms with E-state index in [4.69, 9.17) is 4.74 Å². The Labute approximate surface area is 144 Å². The number of rotatable bonds is 3. The normalized spacial score (nSPS) is 23.3. The van der Waals surface area contributed by atoms with Gasteiger partial charge in [-0.25, -0.2) is 0 Å². The molecule has 0 aromatic heterocycles. The quantitative estimate of drug-likeness (QED) is 0.629. The molecule has 2 atom stereocenters. The molecule has 0 spiro atoms. The molecule has 130 valence electrons. The molecule has 0 fully saturated rings. The molecule has 1 aliphatic heterocycles. The van der Waals surface area contributed by atoms with E-state index in [1.807, 2.05) is 57.2 Å². The first-order valence-electron chi connectivity index (χ1n) is 8.44. The number of carbonyl (C=O) groups excluding carboxylic acids is 2. The smallest absolute Gasteiger partial charge is 0.307 e. The van der Waals surface area contributed by atoms with Crippen LogP contribution in [0.3, 0.4) is 0 Å². The summed E-state index contributed by atoms with van der Waals surface area (Å²) in [6, 6.07) is 9.94. The van der Waals surface area contributed by atoms with Crippen molar-refractivity contribution in [1.82, 2.24) is 4.90 Å². The molecule has 0 radical (unpaired) electrons. The van der Waals surface area contributed by atoms with Gasteiger partial charge in [0.05, 0.1) is 12.3 Å². The number of nitrogens with zero attached hydrogens (tertiary/aromatic N) is 1. The Hall–Kier alpha value is -2.10. The van der Waals surface area contributed by atoms with E-state index in [-0.39, 0.29) is 24.2 Å². The maximum Gasteiger partial charge on any atom is 0.307 e. The highest BCUT2D eigenvalue weighted by Crippen LogP contribution is 2.34. The van der Waals surface area contributed by atoms with Crippen molar-refractivity contribution >= 4 is 11.9 Å². The number of allylic oxidation sites excluding steroid dienone is 1. The molecule has 0 aliphatic carbocycles. The molecule has 0 N–H and O–H groups in total. The molecule has 1 aromatic carbocycles. The molecule has 1 aliphatic rings. The molecule has 1 aromatic rings. The maximum atomic E-state index is 12.9. The highest BCUT2D eigenvalue weighted by molar-refractivity contribution is 5.85. The molecule has 1 heterocycles. The fourth-order valence-corrected chi connectivity index (χ4v) is 3.05. The molecular weight excluding hydrogens is 302 g/mol. The summed E-state index contributed by atoms with van der Waals surface area (Å²) in [7, 11) is 1.78. The Kier molecular flexibility index (Phi) is 5.81. The minimum Gasteiger partial charge on any atom is -0.460 e. The van der Waals surface area contributed by atoms with Crippen molar-refractivity contribution in [3.05, 3.63) is 48.0 Å². The van der Waals surface area contributed by atoms with Crippen LogP contribution >= 0.6 is 0 Å². The fourth-order valence-electron chi connectivity index (χ4n) is 3.05. The summed E-state index contributed by atoms with van der Waals surface area (Å²) in [5, 5.41) is 0. The SMILES string of the molecule is CN1C/C=C\C[C@H](c2ccccc2)[C@H](CC(=O)OC(C)(C)C)C1=O. The van der Waals surface area contributed by atoms with Gasteiger partial charge in [0.1, 0.15) is 5.60 Å². The van der Waals surface area contributed by atoms with Gasteiger partial charge in [0.25, 0.3) is 0 Å². The lowest BCUT2D eigenvalue weighted by Gasteiger charge is -2.31. The third-order valence-corrected chi connectivity index (χ3v) is 4.15. The van der Waals surface area contributed by atoms with Gasteiger partial charge in [-0.2, -0.15) is 0 Å². The molecule has 4 heteroatoms. The van der Waals surface area contributed by atoms with Gasteiger partial charge in [0.2, 0.25) is 5.91 Å². The molecule has 1 amide bonds. The molecule has 0 saturated heterocycles. The number of likely N-dealkylation sites (N-methyl/N-ethyl adjacent to an activating group) is 1. The van der Waals surface area contributed by atoms with Gasteiger partial charge in [0.15, 0.2) is 0 Å². The van der Waals surface area contributed by atoms with E-state index in [0.717, 1.165) is 12.0 Å². The maximum absolute atomic E-state index is 12.9. The van der Waals surface area contributed by atoms with Crippen molar-refractivity contribution in [2.75, 3.05) is 13.6 Å². The van der Waals surface area contributed by atoms with E-state index in [2.05, 4.69) is 6.08 Å². The summed E-state index contributed by atoms with van der Waals surface area (Å²) >= 11 is 0. The summed E-state index contributed by atoms with van der Waals surface area (Å²) in [6.07, 6.45) is 4.96. The van der Waals surface area contributed by atoms with Crippen molar-refractivity contribution in [3.8, 4) is 0 Å². The fraction of sp³-hybridized carbons (Fsp3) is 0.500. The lowest BCUT2D eigenvalue weighted by atomic mass is 9.80. The second kappa shape index (κ2) is 7.65. The van der Waals surface area contributed by atoms with E-state index in [1.54, 1.807) is 11.9 Å². The van der Waals surface area contributed by atoms with Crippen molar-refractivity contribution < 1.29 is 14.3 Å². The van der Waals surface area contributed by atoms with Gasteiger partial charge in [-0.05, 0) is 38.7 Å². The number of amides is 1. The Morgan fingerprint density at radius 1 is 1.21 bits per heavy atom. The summed E-state index contributed by atoms with van der Waals surface area (Å²) < 4.78 is 5.45. The number of ether oxygens (including phenoxy) is 1. The molecule has 0 unspecified atom stereocenters. The van der Waals surface area contributed by atoms with Crippen LogP contribution in [0.25, 0.3) is 0 Å². The molecule has 4 nitrogen and oxygen atoms in total. The van der Waals surface area contributed by atoms with Gasteiger partial charge in [-0.15, -0.1) is 0 Å². The van der Waals surface area contributed by atoms with Crippen molar-refractivity contribution in [3.63, 3.8) is 0 Å². The predicted molar refractivity (Wildman–Crippen MR) is 94.5 cm³/mol. The van der Waals surface area contributed by atoms with Crippen LogP contribution in [0, 0.1) is 5.92 Å². The third kappa shape index (κ3) is 4.95. The van der Waals surface area contributed by atoms with E-state index < -0.39 is 11.5 Å². The van der Waals surface area contributed by atoms with E-state index in [0.29, 0.717) is 6.54 Å². The Morgan fingerprint density at radius 2 is 1.88 bits per heavy atom. The van der Waals surface area contributed by atoms with E-state index in [9.17, 15) is 9.59 Å². The monoisotopic (exact) mass is 329 g/mol. The Balaban J connectivity index is 2.29. The zero-order valence-corrected chi connectivity index (χ0v) is 15.0. The minimum atomic E-state index is -0.546. The highest BCUT2D eigenvalue weighted by Gasteiger charge is 2.34. The summed E-state index contributed by atoms with van der Waals surface area (Å²) in [5.41, 5.74) is 0.537. The second-order valence-corrected chi connectivity index (χ2v) is 7.34. The molecule has 0 bridgehead atoms. The number of hydrogen-bond acceptors (Lipinski definition) is 3. The van der Waals surface area contributed by atoms with Gasteiger partial charge in [-0.3, -0.25) is 9.59 Å². The Morgan fingerprint density at radius 3 is 2.50 bits per heavy atom. The van der Waals surface area contributed by atoms with Crippen LogP contribution in [0.2, 0.25) is 0 Å². The standard InChI is InChI=1S/C20H27NO3/c1-20(2,3)24-18(22)14-17-16(15-10-6-5-7-11-15)12-8-9-13-21(4)19(17)23/h5-11,16-17H,12-14H2,1-4H3/b9-8-/t16-,17+/m1/s1. The summed E-state index contributed by atoms with van der Waals surface area (Å²) in [4.78, 5) is 26.9. The molecule has 2 rings (SSSR count). The van der Waals surface area contributed by atoms with Crippen LogP contribution in [0.15, 0.2) is 42.5 Å². The number of hydrogen-bond donors (Lipinski definition) is 0. The van der Waals surface area contributed by atoms with Crippen LogP contribution < -0.4 is 0 Å². The van der Waals surface area contributed by atoms with Crippen LogP contribution in [0.4, 0.5) is 0 Å². The average molecular weight is 329 g/mol. The lowest BCUT2D eigenvalue weighted by Crippen LogP contribution is -2.39. The highest BCUT2D eigenvalue weighted by atomic mass is 16.6. The van der Waals surface area contributed by atoms with Crippen LogP contribution in [0.5, 0.6) is 0 Å². The number of esters is 1. The van der Waals surface area contributed by atoms with Crippen LogP contribution in [0.1, 0.15) is 45.1 Å². The zero-order chi connectivity index (χ0) is 17.7. The van der Waals surface area contributed by atoms with Crippen molar-refractivity contribution in [2.24, 2.45) is 5.92 Å². The number of carbonyl (C=O) groups is 2. The zero-order valence-electron chi connectivity index (χ0n) is 15.0. The van der Waals surface area contributed by atoms with E-state index in [1.165, 1.54) is 0 Å². The first kappa shape index (κ1) is 18.2. The van der Waals surface area contributed by atoms with Crippen LogP contribution in [-0.2, 0) is 14.3 Å². The molecule has 24 heavy (non-hydrogen) atoms. The third-order valence-electron chi connectivity index (χ3n) is 4.15. The Bertz CT molecular complexity index is 601. The molecular formula is C20H27NO3. The lowest BCUT2D eigenvalue weighted by molar-refractivity contribution is -0.158. The first-order valence-corrected chi connectivity index (χ1v) is 8.44. The van der Waals surface area contributed by atoms with E-state index >= 15 is 0 Å². The minimum absolute atomic E-state index is 0.000868. The average Bonchev–Trinajstić information content (AvgIpc) is 2.50. The summed E-state index contributed by atoms with van der Waals surface area (Å²) in [5.74, 6) is -0.749.